The number of ether oxygens (including phenoxy) is 1. The van der Waals surface area contributed by atoms with E-state index in [4.69, 9.17) is 14.4 Å². The molecule has 0 aliphatic rings. The lowest BCUT2D eigenvalue weighted by molar-refractivity contribution is 0.320. The van der Waals surface area contributed by atoms with E-state index in [1.807, 2.05) is 48.5 Å². The zero-order valence-electron chi connectivity index (χ0n) is 12.6. The van der Waals surface area contributed by atoms with Crippen LogP contribution in [0.15, 0.2) is 48.5 Å². The molecule has 4 heteroatoms. The van der Waals surface area contributed by atoms with Crippen LogP contribution in [0.2, 0.25) is 13.1 Å². The summed E-state index contributed by atoms with van der Waals surface area (Å²) in [7, 11) is 0.0387. The Hall–Kier alpha value is -2.09. The van der Waals surface area contributed by atoms with E-state index < -0.39 is 8.32 Å². The standard InChI is InChI=1S/C17H19NO2Si/c1-19-21(2,3)13-20-17-10-8-16(9-11-17)15-6-4-14(12-18)5-7-15/h4-11H,13H2,1-3H3. The third-order valence-electron chi connectivity index (χ3n) is 3.34. The number of hydrogen-bond donors (Lipinski definition) is 0. The summed E-state index contributed by atoms with van der Waals surface area (Å²) >= 11 is 0. The Morgan fingerprint density at radius 3 is 1.95 bits per heavy atom. The summed E-state index contributed by atoms with van der Waals surface area (Å²) in [6.07, 6.45) is 0.639. The zero-order chi connectivity index (χ0) is 15.3. The van der Waals surface area contributed by atoms with Crippen molar-refractivity contribution in [3.05, 3.63) is 54.1 Å². The zero-order valence-corrected chi connectivity index (χ0v) is 13.6. The van der Waals surface area contributed by atoms with Crippen LogP contribution in [-0.2, 0) is 4.43 Å². The molecule has 0 aliphatic heterocycles. The molecule has 2 aromatic rings. The Morgan fingerprint density at radius 1 is 0.952 bits per heavy atom. The molecule has 2 rings (SSSR count). The summed E-state index contributed by atoms with van der Waals surface area (Å²) < 4.78 is 11.2. The Labute approximate surface area is 126 Å². The molecule has 0 aromatic heterocycles. The summed E-state index contributed by atoms with van der Waals surface area (Å²) in [6, 6.07) is 17.7. The van der Waals surface area contributed by atoms with Crippen molar-refractivity contribution in [2.75, 3.05) is 13.3 Å². The van der Waals surface area contributed by atoms with Crippen LogP contribution in [0, 0.1) is 11.3 Å². The molecule has 0 fully saturated rings. The van der Waals surface area contributed by atoms with E-state index in [2.05, 4.69) is 19.2 Å². The SMILES string of the molecule is CO[Si](C)(C)COc1ccc(-c2ccc(C#N)cc2)cc1. The van der Waals surface area contributed by atoms with Gasteiger partial charge in [-0.1, -0.05) is 24.3 Å². The Bertz CT molecular complexity index is 627. The second-order valence-corrected chi connectivity index (χ2v) is 9.68. The third kappa shape index (κ3) is 4.18. The van der Waals surface area contributed by atoms with Gasteiger partial charge < -0.3 is 9.16 Å². The molecule has 0 N–H and O–H groups in total. The molecule has 0 saturated carbocycles. The van der Waals surface area contributed by atoms with Crippen molar-refractivity contribution in [1.82, 2.24) is 0 Å². The minimum atomic E-state index is -1.70. The fourth-order valence-corrected chi connectivity index (χ4v) is 2.43. The molecule has 3 nitrogen and oxygen atoms in total. The van der Waals surface area contributed by atoms with Gasteiger partial charge in [0.2, 0.25) is 8.32 Å². The van der Waals surface area contributed by atoms with E-state index in [9.17, 15) is 0 Å². The molecule has 0 saturated heterocycles. The first-order chi connectivity index (χ1) is 10.0. The van der Waals surface area contributed by atoms with Crippen molar-refractivity contribution in [2.24, 2.45) is 0 Å². The fourth-order valence-electron chi connectivity index (χ4n) is 1.80. The molecule has 0 unspecified atom stereocenters. The summed E-state index contributed by atoms with van der Waals surface area (Å²) in [6.45, 7) is 4.25. The fraction of sp³-hybridized carbons (Fsp3) is 0.235. The lowest BCUT2D eigenvalue weighted by Gasteiger charge is -2.20. The smallest absolute Gasteiger partial charge is 0.224 e. The molecule has 108 valence electrons. The molecule has 2 aromatic carbocycles. The first-order valence-corrected chi connectivity index (χ1v) is 9.94. The largest absolute Gasteiger partial charge is 0.494 e. The van der Waals surface area contributed by atoms with Crippen LogP contribution >= 0.6 is 0 Å². The van der Waals surface area contributed by atoms with Gasteiger partial charge in [-0.2, -0.15) is 5.26 Å². The Kier molecular flexibility index (Phi) is 4.79. The maximum atomic E-state index is 8.81. The second kappa shape index (κ2) is 6.57. The van der Waals surface area contributed by atoms with Gasteiger partial charge in [-0.25, -0.2) is 0 Å². The predicted molar refractivity (Wildman–Crippen MR) is 86.6 cm³/mol. The maximum Gasteiger partial charge on any atom is 0.224 e. The topological polar surface area (TPSA) is 42.2 Å². The van der Waals surface area contributed by atoms with Gasteiger partial charge in [-0.3, -0.25) is 0 Å². The summed E-state index contributed by atoms with van der Waals surface area (Å²) in [4.78, 5) is 0. The number of nitrogens with zero attached hydrogens (tertiary/aromatic N) is 1. The molecular formula is C17H19NO2Si. The van der Waals surface area contributed by atoms with Crippen molar-refractivity contribution in [3.63, 3.8) is 0 Å². The number of benzene rings is 2. The van der Waals surface area contributed by atoms with E-state index >= 15 is 0 Å². The van der Waals surface area contributed by atoms with E-state index in [1.54, 1.807) is 7.11 Å². The van der Waals surface area contributed by atoms with Crippen molar-refractivity contribution in [2.45, 2.75) is 13.1 Å². The van der Waals surface area contributed by atoms with Crippen LogP contribution < -0.4 is 4.74 Å². The monoisotopic (exact) mass is 297 g/mol. The minimum absolute atomic E-state index is 0.639. The molecule has 0 heterocycles. The van der Waals surface area contributed by atoms with Gasteiger partial charge in [0, 0.05) is 7.11 Å². The van der Waals surface area contributed by atoms with Gasteiger partial charge in [0.15, 0.2) is 0 Å². The van der Waals surface area contributed by atoms with Crippen LogP contribution in [0.3, 0.4) is 0 Å². The molecule has 0 radical (unpaired) electrons. The number of rotatable bonds is 5. The Balaban J connectivity index is 2.06. The maximum absolute atomic E-state index is 8.81. The molecule has 21 heavy (non-hydrogen) atoms. The first-order valence-electron chi connectivity index (χ1n) is 6.83. The molecule has 0 amide bonds. The van der Waals surface area contributed by atoms with Gasteiger partial charge in [0.25, 0.3) is 0 Å². The first kappa shape index (κ1) is 15.3. The van der Waals surface area contributed by atoms with Crippen molar-refractivity contribution < 1.29 is 9.16 Å². The highest BCUT2D eigenvalue weighted by Crippen LogP contribution is 2.23. The van der Waals surface area contributed by atoms with Crippen molar-refractivity contribution in [3.8, 4) is 22.9 Å². The van der Waals surface area contributed by atoms with Crippen molar-refractivity contribution in [1.29, 1.82) is 5.26 Å². The normalized spacial score (nSPS) is 11.0. The lowest BCUT2D eigenvalue weighted by atomic mass is 10.0. The average Bonchev–Trinajstić information content (AvgIpc) is 2.54. The quantitative estimate of drug-likeness (QED) is 0.783. The van der Waals surface area contributed by atoms with Crippen LogP contribution in [0.4, 0.5) is 0 Å². The van der Waals surface area contributed by atoms with Crippen LogP contribution in [-0.4, -0.2) is 21.7 Å². The summed E-state index contributed by atoms with van der Waals surface area (Å²) in [5.41, 5.74) is 2.87. The molecule has 0 bridgehead atoms. The molecule has 0 aliphatic carbocycles. The molecular weight excluding hydrogens is 278 g/mol. The predicted octanol–water partition coefficient (Wildman–Crippen LogP) is 3.99. The highest BCUT2D eigenvalue weighted by atomic mass is 28.4. The summed E-state index contributed by atoms with van der Waals surface area (Å²) in [5, 5.41) is 8.81. The van der Waals surface area contributed by atoms with Gasteiger partial charge in [0.1, 0.15) is 12.0 Å². The van der Waals surface area contributed by atoms with E-state index in [0.29, 0.717) is 11.8 Å². The number of hydrogen-bond acceptors (Lipinski definition) is 3. The van der Waals surface area contributed by atoms with E-state index in [-0.39, 0.29) is 0 Å². The van der Waals surface area contributed by atoms with E-state index in [0.717, 1.165) is 16.9 Å². The van der Waals surface area contributed by atoms with Gasteiger partial charge in [0.05, 0.1) is 11.6 Å². The lowest BCUT2D eigenvalue weighted by Crippen LogP contribution is -2.37. The van der Waals surface area contributed by atoms with Crippen LogP contribution in [0.25, 0.3) is 11.1 Å². The van der Waals surface area contributed by atoms with E-state index in [1.165, 1.54) is 0 Å². The van der Waals surface area contributed by atoms with Gasteiger partial charge >= 0.3 is 0 Å². The van der Waals surface area contributed by atoms with Gasteiger partial charge in [-0.05, 0) is 48.5 Å². The summed E-state index contributed by atoms with van der Waals surface area (Å²) in [5.74, 6) is 0.852. The highest BCUT2D eigenvalue weighted by Gasteiger charge is 2.21. The Morgan fingerprint density at radius 2 is 1.48 bits per heavy atom. The minimum Gasteiger partial charge on any atom is -0.494 e. The number of nitriles is 1. The third-order valence-corrected chi connectivity index (χ3v) is 5.29. The second-order valence-electron chi connectivity index (χ2n) is 5.47. The van der Waals surface area contributed by atoms with Crippen LogP contribution in [0.5, 0.6) is 5.75 Å². The highest BCUT2D eigenvalue weighted by molar-refractivity contribution is 6.71. The van der Waals surface area contributed by atoms with Crippen molar-refractivity contribution >= 4 is 8.32 Å². The van der Waals surface area contributed by atoms with Gasteiger partial charge in [-0.15, -0.1) is 0 Å². The van der Waals surface area contributed by atoms with Crippen LogP contribution in [0.1, 0.15) is 5.56 Å². The molecule has 0 spiro atoms. The molecule has 0 atom stereocenters. The average molecular weight is 297 g/mol.